The number of nitrogens with one attached hydrogen (secondary N) is 1. The SMILES string of the molecule is COC(=O)c1ccccc1S(=O)(=O)NC(C)CCO. The van der Waals surface area contributed by atoms with Crippen molar-refractivity contribution in [2.75, 3.05) is 13.7 Å². The summed E-state index contributed by atoms with van der Waals surface area (Å²) in [6, 6.07) is 5.37. The maximum Gasteiger partial charge on any atom is 0.339 e. The summed E-state index contributed by atoms with van der Waals surface area (Å²) in [5, 5.41) is 8.78. The highest BCUT2D eigenvalue weighted by atomic mass is 32.2. The van der Waals surface area contributed by atoms with Gasteiger partial charge in [0.2, 0.25) is 10.0 Å². The zero-order valence-electron chi connectivity index (χ0n) is 10.8. The molecule has 0 heterocycles. The van der Waals surface area contributed by atoms with Crippen LogP contribution in [-0.4, -0.2) is 39.3 Å². The minimum absolute atomic E-state index is 0.0197. The molecule has 1 aromatic rings. The summed E-state index contributed by atoms with van der Waals surface area (Å²) in [4.78, 5) is 11.4. The highest BCUT2D eigenvalue weighted by molar-refractivity contribution is 7.89. The molecule has 1 atom stereocenters. The molecule has 0 aliphatic rings. The lowest BCUT2D eigenvalue weighted by Gasteiger charge is -2.14. The minimum Gasteiger partial charge on any atom is -0.465 e. The van der Waals surface area contributed by atoms with Gasteiger partial charge in [0.1, 0.15) is 0 Å². The maximum atomic E-state index is 12.2. The average molecular weight is 287 g/mol. The van der Waals surface area contributed by atoms with E-state index in [-0.39, 0.29) is 17.1 Å². The Hall–Kier alpha value is -1.44. The topological polar surface area (TPSA) is 92.7 Å². The average Bonchev–Trinajstić information content (AvgIpc) is 2.37. The highest BCUT2D eigenvalue weighted by Gasteiger charge is 2.23. The predicted molar refractivity (Wildman–Crippen MR) is 69.3 cm³/mol. The first-order chi connectivity index (χ1) is 8.92. The Morgan fingerprint density at radius 1 is 1.42 bits per heavy atom. The van der Waals surface area contributed by atoms with Gasteiger partial charge in [-0.25, -0.2) is 17.9 Å². The number of benzene rings is 1. The van der Waals surface area contributed by atoms with Crippen LogP contribution >= 0.6 is 0 Å². The third-order valence-electron chi connectivity index (χ3n) is 2.50. The van der Waals surface area contributed by atoms with Crippen molar-refractivity contribution in [3.05, 3.63) is 29.8 Å². The van der Waals surface area contributed by atoms with Crippen LogP contribution in [0.3, 0.4) is 0 Å². The molecule has 0 fully saturated rings. The van der Waals surface area contributed by atoms with E-state index >= 15 is 0 Å². The van der Waals surface area contributed by atoms with E-state index in [1.54, 1.807) is 13.0 Å². The fourth-order valence-electron chi connectivity index (χ4n) is 1.56. The normalized spacial score (nSPS) is 13.0. The molecule has 0 radical (unpaired) electrons. The summed E-state index contributed by atoms with van der Waals surface area (Å²) >= 11 is 0. The van der Waals surface area contributed by atoms with Crippen molar-refractivity contribution in [2.45, 2.75) is 24.3 Å². The molecular weight excluding hydrogens is 270 g/mol. The second-order valence-corrected chi connectivity index (χ2v) is 5.70. The van der Waals surface area contributed by atoms with E-state index in [1.807, 2.05) is 0 Å². The monoisotopic (exact) mass is 287 g/mol. The number of carbonyl (C=O) groups excluding carboxylic acids is 1. The van der Waals surface area contributed by atoms with Gasteiger partial charge in [0, 0.05) is 12.6 Å². The number of esters is 1. The fraction of sp³-hybridized carbons (Fsp3) is 0.417. The Bertz CT molecular complexity index is 541. The van der Waals surface area contributed by atoms with Crippen LogP contribution in [-0.2, 0) is 14.8 Å². The molecule has 0 bridgehead atoms. The molecule has 0 aliphatic heterocycles. The molecule has 6 nitrogen and oxygen atoms in total. The maximum absolute atomic E-state index is 12.2. The second-order valence-electron chi connectivity index (χ2n) is 4.02. The molecule has 0 aliphatic carbocycles. The van der Waals surface area contributed by atoms with Crippen molar-refractivity contribution in [3.8, 4) is 0 Å². The highest BCUT2D eigenvalue weighted by Crippen LogP contribution is 2.16. The van der Waals surface area contributed by atoms with Gasteiger partial charge in [-0.05, 0) is 25.5 Å². The lowest BCUT2D eigenvalue weighted by Crippen LogP contribution is -2.34. The van der Waals surface area contributed by atoms with Gasteiger partial charge in [0.05, 0.1) is 17.6 Å². The summed E-state index contributed by atoms with van der Waals surface area (Å²) in [5.41, 5.74) is -0.0197. The Labute approximate surface area is 112 Å². The second kappa shape index (κ2) is 6.65. The fourth-order valence-corrected chi connectivity index (χ4v) is 3.03. The van der Waals surface area contributed by atoms with Crippen LogP contribution in [0.15, 0.2) is 29.2 Å². The van der Waals surface area contributed by atoms with E-state index in [0.717, 1.165) is 0 Å². The predicted octanol–water partition coefficient (Wildman–Crippen LogP) is 0.522. The van der Waals surface area contributed by atoms with Gasteiger partial charge in [0.25, 0.3) is 0 Å². The van der Waals surface area contributed by atoms with E-state index in [4.69, 9.17) is 5.11 Å². The van der Waals surface area contributed by atoms with Gasteiger partial charge >= 0.3 is 5.97 Å². The number of carbonyl (C=O) groups is 1. The van der Waals surface area contributed by atoms with Crippen molar-refractivity contribution in [2.24, 2.45) is 0 Å². The molecule has 0 saturated heterocycles. The molecule has 0 saturated carbocycles. The number of methoxy groups -OCH3 is 1. The lowest BCUT2D eigenvalue weighted by atomic mass is 10.2. The number of rotatable bonds is 6. The summed E-state index contributed by atoms with van der Waals surface area (Å²) < 4.78 is 31.3. The van der Waals surface area contributed by atoms with Crippen LogP contribution < -0.4 is 4.72 Å². The van der Waals surface area contributed by atoms with E-state index in [0.29, 0.717) is 6.42 Å². The first-order valence-corrected chi connectivity index (χ1v) is 7.21. The van der Waals surface area contributed by atoms with Crippen LogP contribution in [0, 0.1) is 0 Å². The van der Waals surface area contributed by atoms with Crippen LogP contribution in [0.25, 0.3) is 0 Å². The number of hydrogen-bond donors (Lipinski definition) is 2. The van der Waals surface area contributed by atoms with Crippen molar-refractivity contribution >= 4 is 16.0 Å². The zero-order valence-corrected chi connectivity index (χ0v) is 11.6. The van der Waals surface area contributed by atoms with Crippen LogP contribution in [0.5, 0.6) is 0 Å². The van der Waals surface area contributed by atoms with Crippen LogP contribution in [0.2, 0.25) is 0 Å². The number of ether oxygens (including phenoxy) is 1. The van der Waals surface area contributed by atoms with E-state index in [9.17, 15) is 13.2 Å². The molecule has 1 rings (SSSR count). The van der Waals surface area contributed by atoms with Crippen molar-refractivity contribution in [1.82, 2.24) is 4.72 Å². The first kappa shape index (κ1) is 15.6. The third kappa shape index (κ3) is 4.02. The number of aliphatic hydroxyl groups excluding tert-OH is 1. The standard InChI is InChI=1S/C12H17NO5S/c1-9(7-8-14)13-19(16,17)11-6-4-3-5-10(11)12(15)18-2/h3-6,9,13-14H,7-8H2,1-2H3. The van der Waals surface area contributed by atoms with Gasteiger partial charge in [-0.1, -0.05) is 12.1 Å². The third-order valence-corrected chi connectivity index (χ3v) is 4.15. The molecule has 0 aromatic heterocycles. The Kier molecular flexibility index (Phi) is 5.46. The molecule has 0 amide bonds. The summed E-state index contributed by atoms with van der Waals surface area (Å²) in [5.74, 6) is -0.712. The molecule has 1 aromatic carbocycles. The van der Waals surface area contributed by atoms with Crippen LogP contribution in [0.1, 0.15) is 23.7 Å². The number of aliphatic hydroxyl groups is 1. The molecular formula is C12H17NO5S. The van der Waals surface area contributed by atoms with E-state index < -0.39 is 22.0 Å². The van der Waals surface area contributed by atoms with Crippen molar-refractivity contribution in [1.29, 1.82) is 0 Å². The van der Waals surface area contributed by atoms with Gasteiger partial charge in [0.15, 0.2) is 0 Å². The number of hydrogen-bond acceptors (Lipinski definition) is 5. The Balaban J connectivity index is 3.11. The van der Waals surface area contributed by atoms with E-state index in [1.165, 1.54) is 25.3 Å². The van der Waals surface area contributed by atoms with Crippen LogP contribution in [0.4, 0.5) is 0 Å². The Morgan fingerprint density at radius 3 is 2.63 bits per heavy atom. The smallest absolute Gasteiger partial charge is 0.339 e. The van der Waals surface area contributed by atoms with E-state index in [2.05, 4.69) is 9.46 Å². The molecule has 0 spiro atoms. The molecule has 7 heteroatoms. The summed E-state index contributed by atoms with van der Waals surface area (Å²) in [6.45, 7) is 1.51. The number of sulfonamides is 1. The largest absolute Gasteiger partial charge is 0.465 e. The first-order valence-electron chi connectivity index (χ1n) is 5.73. The van der Waals surface area contributed by atoms with Gasteiger partial charge in [-0.15, -0.1) is 0 Å². The molecule has 19 heavy (non-hydrogen) atoms. The summed E-state index contributed by atoms with van der Waals surface area (Å²) in [6.07, 6.45) is 0.291. The minimum atomic E-state index is -3.83. The molecule has 1 unspecified atom stereocenters. The summed E-state index contributed by atoms with van der Waals surface area (Å²) in [7, 11) is -2.64. The Morgan fingerprint density at radius 2 is 2.05 bits per heavy atom. The molecule has 106 valence electrons. The van der Waals surface area contributed by atoms with Gasteiger partial charge < -0.3 is 9.84 Å². The lowest BCUT2D eigenvalue weighted by molar-refractivity contribution is 0.0596. The van der Waals surface area contributed by atoms with Crippen molar-refractivity contribution in [3.63, 3.8) is 0 Å². The molecule has 2 N–H and O–H groups in total. The van der Waals surface area contributed by atoms with Gasteiger partial charge in [-0.2, -0.15) is 0 Å². The zero-order chi connectivity index (χ0) is 14.5. The quantitative estimate of drug-likeness (QED) is 0.744. The van der Waals surface area contributed by atoms with Crippen molar-refractivity contribution < 1.29 is 23.1 Å². The van der Waals surface area contributed by atoms with Gasteiger partial charge in [-0.3, -0.25) is 0 Å².